The summed E-state index contributed by atoms with van der Waals surface area (Å²) in [4.78, 5) is 27.8. The van der Waals surface area contributed by atoms with Gasteiger partial charge < -0.3 is 10.4 Å². The molecule has 0 unspecified atom stereocenters. The van der Waals surface area contributed by atoms with Crippen molar-refractivity contribution in [3.05, 3.63) is 39.9 Å². The molecule has 0 saturated heterocycles. The summed E-state index contributed by atoms with van der Waals surface area (Å²) in [5.74, 6) is -1.62. The molecule has 0 radical (unpaired) electrons. The maximum Gasteiger partial charge on any atom is 0.328 e. The number of carboxylic acids is 1. The normalized spacial score (nSPS) is 11.6. The number of para-hydroxylation sites is 1. The molecule has 9 heteroatoms. The molecule has 1 heterocycles. The minimum atomic E-state index is -1.46. The summed E-state index contributed by atoms with van der Waals surface area (Å²) in [7, 11) is 0. The lowest BCUT2D eigenvalue weighted by atomic mass is 10.1. The van der Waals surface area contributed by atoms with E-state index in [-0.39, 0.29) is 11.7 Å². The minimum Gasteiger partial charge on any atom is -0.480 e. The van der Waals surface area contributed by atoms with Crippen LogP contribution in [0.15, 0.2) is 18.2 Å². The van der Waals surface area contributed by atoms with Crippen molar-refractivity contribution in [3.8, 4) is 5.69 Å². The Balaban J connectivity index is 2.51. The standard InChI is InChI=1S/C16H18Cl2N4O3/c1-8(2)13-19-12(14(23)20-16(3,4)15(24)25)21-22(13)11-9(17)6-5-7-10(11)18/h5-8H,1-4H3,(H,20,23)(H,24,25). The van der Waals surface area contributed by atoms with Crippen molar-refractivity contribution in [2.24, 2.45) is 0 Å². The van der Waals surface area contributed by atoms with E-state index in [9.17, 15) is 9.59 Å². The van der Waals surface area contributed by atoms with Crippen molar-refractivity contribution >= 4 is 35.1 Å². The van der Waals surface area contributed by atoms with Crippen LogP contribution in [0.25, 0.3) is 5.69 Å². The van der Waals surface area contributed by atoms with Crippen LogP contribution in [0.3, 0.4) is 0 Å². The van der Waals surface area contributed by atoms with Gasteiger partial charge in [0.05, 0.1) is 10.0 Å². The Bertz CT molecular complexity index is 811. The maximum absolute atomic E-state index is 12.4. The molecule has 2 rings (SSSR count). The molecular formula is C16H18Cl2N4O3. The Labute approximate surface area is 155 Å². The number of nitrogens with zero attached hydrogens (tertiary/aromatic N) is 3. The molecule has 0 spiro atoms. The van der Waals surface area contributed by atoms with Crippen LogP contribution in [0, 0.1) is 0 Å². The molecule has 25 heavy (non-hydrogen) atoms. The van der Waals surface area contributed by atoms with Crippen LogP contribution < -0.4 is 5.32 Å². The zero-order valence-electron chi connectivity index (χ0n) is 14.2. The fourth-order valence-electron chi connectivity index (χ4n) is 2.04. The van der Waals surface area contributed by atoms with Gasteiger partial charge in [0, 0.05) is 5.92 Å². The van der Waals surface area contributed by atoms with Crippen molar-refractivity contribution in [2.75, 3.05) is 0 Å². The molecule has 0 atom stereocenters. The van der Waals surface area contributed by atoms with Gasteiger partial charge in [-0.25, -0.2) is 14.5 Å². The first kappa shape index (κ1) is 19.2. The van der Waals surface area contributed by atoms with Gasteiger partial charge >= 0.3 is 5.97 Å². The van der Waals surface area contributed by atoms with E-state index in [4.69, 9.17) is 28.3 Å². The lowest BCUT2D eigenvalue weighted by molar-refractivity contribution is -0.143. The molecular weight excluding hydrogens is 367 g/mol. The second-order valence-corrected chi connectivity index (χ2v) is 7.13. The van der Waals surface area contributed by atoms with E-state index < -0.39 is 17.4 Å². The number of carbonyl (C=O) groups is 2. The first-order chi connectivity index (χ1) is 11.5. The Morgan fingerprint density at radius 2 is 1.80 bits per heavy atom. The van der Waals surface area contributed by atoms with Gasteiger partial charge in [-0.3, -0.25) is 4.79 Å². The van der Waals surface area contributed by atoms with Gasteiger partial charge in [0.1, 0.15) is 17.1 Å². The Morgan fingerprint density at radius 1 is 1.24 bits per heavy atom. The molecule has 2 aromatic rings. The van der Waals surface area contributed by atoms with E-state index in [0.717, 1.165) is 0 Å². The fourth-order valence-corrected chi connectivity index (χ4v) is 2.60. The number of amides is 1. The van der Waals surface area contributed by atoms with Crippen LogP contribution in [-0.2, 0) is 4.79 Å². The summed E-state index contributed by atoms with van der Waals surface area (Å²) in [5.41, 5.74) is -1.04. The molecule has 7 nitrogen and oxygen atoms in total. The molecule has 1 aromatic carbocycles. The molecule has 1 amide bonds. The largest absolute Gasteiger partial charge is 0.480 e. The molecule has 1 aromatic heterocycles. The minimum absolute atomic E-state index is 0.0751. The monoisotopic (exact) mass is 384 g/mol. The average Bonchev–Trinajstić information content (AvgIpc) is 2.91. The van der Waals surface area contributed by atoms with Gasteiger partial charge in [-0.2, -0.15) is 0 Å². The van der Waals surface area contributed by atoms with Crippen molar-refractivity contribution in [2.45, 2.75) is 39.2 Å². The number of nitrogens with one attached hydrogen (secondary N) is 1. The number of aromatic nitrogens is 3. The van der Waals surface area contributed by atoms with Gasteiger partial charge in [0.2, 0.25) is 5.82 Å². The Morgan fingerprint density at radius 3 is 2.28 bits per heavy atom. The van der Waals surface area contributed by atoms with Crippen LogP contribution in [0.2, 0.25) is 10.0 Å². The van der Waals surface area contributed by atoms with Gasteiger partial charge in [-0.1, -0.05) is 43.1 Å². The summed E-state index contributed by atoms with van der Waals surface area (Å²) in [6.07, 6.45) is 0. The maximum atomic E-state index is 12.4. The molecule has 0 aliphatic carbocycles. The first-order valence-electron chi connectivity index (χ1n) is 7.52. The van der Waals surface area contributed by atoms with E-state index in [2.05, 4.69) is 15.4 Å². The molecule has 0 fully saturated rings. The number of halogens is 2. The van der Waals surface area contributed by atoms with Gasteiger partial charge in [-0.05, 0) is 26.0 Å². The van der Waals surface area contributed by atoms with Crippen LogP contribution in [0.5, 0.6) is 0 Å². The highest BCUT2D eigenvalue weighted by Crippen LogP contribution is 2.30. The number of hydrogen-bond donors (Lipinski definition) is 2. The van der Waals surface area contributed by atoms with Crippen LogP contribution >= 0.6 is 23.2 Å². The van der Waals surface area contributed by atoms with E-state index in [1.165, 1.54) is 18.5 Å². The quantitative estimate of drug-likeness (QED) is 0.823. The Kier molecular flexibility index (Phi) is 5.39. The van der Waals surface area contributed by atoms with E-state index in [1.54, 1.807) is 18.2 Å². The molecule has 0 aliphatic heterocycles. The highest BCUT2D eigenvalue weighted by Gasteiger charge is 2.31. The summed E-state index contributed by atoms with van der Waals surface area (Å²) in [6, 6.07) is 5.01. The van der Waals surface area contributed by atoms with Crippen LogP contribution in [-0.4, -0.2) is 37.3 Å². The van der Waals surface area contributed by atoms with E-state index >= 15 is 0 Å². The number of carbonyl (C=O) groups excluding carboxylic acids is 1. The van der Waals surface area contributed by atoms with Gasteiger partial charge in [0.25, 0.3) is 5.91 Å². The number of carboxylic acid groups (broad SMARTS) is 1. The third-order valence-corrected chi connectivity index (χ3v) is 4.07. The van der Waals surface area contributed by atoms with Crippen molar-refractivity contribution < 1.29 is 14.7 Å². The van der Waals surface area contributed by atoms with Crippen molar-refractivity contribution in [1.82, 2.24) is 20.1 Å². The topological polar surface area (TPSA) is 97.1 Å². The number of aliphatic carboxylic acids is 1. The van der Waals surface area contributed by atoms with Crippen LogP contribution in [0.1, 0.15) is 50.1 Å². The third-order valence-electron chi connectivity index (χ3n) is 3.46. The summed E-state index contributed by atoms with van der Waals surface area (Å²) < 4.78 is 1.41. The lowest BCUT2D eigenvalue weighted by Crippen LogP contribution is -2.49. The average molecular weight is 385 g/mol. The molecule has 0 bridgehead atoms. The van der Waals surface area contributed by atoms with Gasteiger partial charge in [-0.15, -0.1) is 5.10 Å². The fraction of sp³-hybridized carbons (Fsp3) is 0.375. The summed E-state index contributed by atoms with van der Waals surface area (Å²) in [5, 5.41) is 16.4. The van der Waals surface area contributed by atoms with E-state index in [1.807, 2.05) is 13.8 Å². The lowest BCUT2D eigenvalue weighted by Gasteiger charge is -2.19. The molecule has 0 saturated carbocycles. The molecule has 134 valence electrons. The zero-order chi connectivity index (χ0) is 18.9. The second-order valence-electron chi connectivity index (χ2n) is 6.31. The Hall–Kier alpha value is -2.12. The molecule has 2 N–H and O–H groups in total. The van der Waals surface area contributed by atoms with Crippen molar-refractivity contribution in [1.29, 1.82) is 0 Å². The summed E-state index contributed by atoms with van der Waals surface area (Å²) >= 11 is 12.5. The smallest absolute Gasteiger partial charge is 0.328 e. The van der Waals surface area contributed by atoms with Crippen LogP contribution in [0.4, 0.5) is 0 Å². The highest BCUT2D eigenvalue weighted by molar-refractivity contribution is 6.37. The number of rotatable bonds is 5. The zero-order valence-corrected chi connectivity index (χ0v) is 15.7. The molecule has 0 aliphatic rings. The van der Waals surface area contributed by atoms with Gasteiger partial charge in [0.15, 0.2) is 0 Å². The highest BCUT2D eigenvalue weighted by atomic mass is 35.5. The van der Waals surface area contributed by atoms with Crippen molar-refractivity contribution in [3.63, 3.8) is 0 Å². The second kappa shape index (κ2) is 7.01. The number of hydrogen-bond acceptors (Lipinski definition) is 4. The summed E-state index contributed by atoms with van der Waals surface area (Å²) in [6.45, 7) is 6.51. The third kappa shape index (κ3) is 3.93. The van der Waals surface area contributed by atoms with E-state index in [0.29, 0.717) is 21.6 Å². The predicted octanol–water partition coefficient (Wildman–Crippen LogP) is 3.29. The predicted molar refractivity (Wildman–Crippen MR) is 94.6 cm³/mol. The number of benzene rings is 1. The first-order valence-corrected chi connectivity index (χ1v) is 8.27. The SMILES string of the molecule is CC(C)c1nc(C(=O)NC(C)(C)C(=O)O)nn1-c1c(Cl)cccc1Cl.